The highest BCUT2D eigenvalue weighted by molar-refractivity contribution is 5.82. The number of esters is 1. The van der Waals surface area contributed by atoms with E-state index in [9.17, 15) is 9.59 Å². The van der Waals surface area contributed by atoms with Gasteiger partial charge < -0.3 is 29.0 Å². The van der Waals surface area contributed by atoms with Gasteiger partial charge in [-0.05, 0) is 69.6 Å². The molecule has 0 radical (unpaired) electrons. The monoisotopic (exact) mass is 516 g/mol. The van der Waals surface area contributed by atoms with Gasteiger partial charge in [-0.15, -0.1) is 0 Å². The van der Waals surface area contributed by atoms with Crippen LogP contribution in [0.2, 0.25) is 0 Å². The third kappa shape index (κ3) is 8.36. The average Bonchev–Trinajstić information content (AvgIpc) is 3.36. The number of aryl methyl sites for hydroxylation is 1. The molecule has 2 heterocycles. The van der Waals surface area contributed by atoms with Gasteiger partial charge in [0, 0.05) is 19.5 Å². The van der Waals surface area contributed by atoms with E-state index < -0.39 is 23.7 Å². The molecule has 2 atom stereocenters. The van der Waals surface area contributed by atoms with Gasteiger partial charge in [-0.2, -0.15) is 4.98 Å². The summed E-state index contributed by atoms with van der Waals surface area (Å²) in [5.41, 5.74) is -0.0962. The van der Waals surface area contributed by atoms with Gasteiger partial charge in [-0.1, -0.05) is 31.1 Å². The minimum atomic E-state index is -0.972. The van der Waals surface area contributed by atoms with Crippen molar-refractivity contribution in [3.8, 4) is 5.75 Å². The van der Waals surface area contributed by atoms with E-state index in [0.29, 0.717) is 35.8 Å². The minimum absolute atomic E-state index is 0.525. The number of piperidine rings is 1. The first-order valence-electron chi connectivity index (χ1n) is 13.0. The number of anilines is 1. The van der Waals surface area contributed by atoms with Crippen molar-refractivity contribution in [1.82, 2.24) is 15.5 Å². The molecule has 10 nitrogen and oxygen atoms in total. The standard InChI is InChI=1S/C27H40N4O6/c1-7-22-28-25(37-30-22)31-15-12-19(13-16-31)18(2)14-17-35-21-10-8-20(9-11-21)23(24(32)34-6)29-26(33)36-27(3,4)5/h8-11,18-19,23H,7,12-17H2,1-6H3,(H,29,33)/t18?,23-/m0/s1. The number of rotatable bonds is 10. The van der Waals surface area contributed by atoms with Gasteiger partial charge in [0.25, 0.3) is 0 Å². The molecule has 204 valence electrons. The Morgan fingerprint density at radius 1 is 1.19 bits per heavy atom. The van der Waals surface area contributed by atoms with Gasteiger partial charge >= 0.3 is 18.1 Å². The van der Waals surface area contributed by atoms with E-state index in [-0.39, 0.29) is 0 Å². The lowest BCUT2D eigenvalue weighted by Crippen LogP contribution is -2.38. The van der Waals surface area contributed by atoms with Gasteiger partial charge in [0.15, 0.2) is 11.9 Å². The molecule has 1 N–H and O–H groups in total. The van der Waals surface area contributed by atoms with Crippen LogP contribution in [0.15, 0.2) is 28.8 Å². The lowest BCUT2D eigenvalue weighted by atomic mass is 9.84. The van der Waals surface area contributed by atoms with Gasteiger partial charge in [-0.25, -0.2) is 9.59 Å². The van der Waals surface area contributed by atoms with Gasteiger partial charge in [0.05, 0.1) is 13.7 Å². The highest BCUT2D eigenvalue weighted by Crippen LogP contribution is 2.29. The second-order valence-electron chi connectivity index (χ2n) is 10.5. The Bertz CT molecular complexity index is 1010. The normalized spacial score (nSPS) is 16.1. The lowest BCUT2D eigenvalue weighted by Gasteiger charge is -2.33. The fourth-order valence-electron chi connectivity index (χ4n) is 4.35. The summed E-state index contributed by atoms with van der Waals surface area (Å²) in [6.07, 6.45) is 3.19. The summed E-state index contributed by atoms with van der Waals surface area (Å²) in [4.78, 5) is 31.1. The summed E-state index contributed by atoms with van der Waals surface area (Å²) in [6.45, 7) is 12.0. The van der Waals surface area contributed by atoms with Crippen LogP contribution in [0, 0.1) is 11.8 Å². The molecule has 1 aliphatic rings. The Hall–Kier alpha value is -3.30. The number of carbonyl (C=O) groups excluding carboxylic acids is 2. The van der Waals surface area contributed by atoms with Gasteiger partial charge in [0.2, 0.25) is 0 Å². The van der Waals surface area contributed by atoms with Gasteiger partial charge in [-0.3, -0.25) is 0 Å². The summed E-state index contributed by atoms with van der Waals surface area (Å²) in [5.74, 6) is 2.02. The molecule has 0 bridgehead atoms. The topological polar surface area (TPSA) is 116 Å². The number of amides is 1. The molecular formula is C27H40N4O6. The zero-order valence-corrected chi connectivity index (χ0v) is 22.8. The Balaban J connectivity index is 1.45. The molecule has 37 heavy (non-hydrogen) atoms. The Kier molecular flexibility index (Phi) is 9.77. The number of benzene rings is 1. The highest BCUT2D eigenvalue weighted by atomic mass is 16.6. The van der Waals surface area contributed by atoms with Crippen molar-refractivity contribution in [2.45, 2.75) is 71.9 Å². The van der Waals surface area contributed by atoms with Crippen LogP contribution >= 0.6 is 0 Å². The van der Waals surface area contributed by atoms with Crippen molar-refractivity contribution in [2.75, 3.05) is 31.7 Å². The van der Waals surface area contributed by atoms with Crippen LogP contribution in [-0.4, -0.2) is 54.6 Å². The van der Waals surface area contributed by atoms with E-state index >= 15 is 0 Å². The average molecular weight is 517 g/mol. The van der Waals surface area contributed by atoms with E-state index in [0.717, 1.165) is 44.6 Å². The fourth-order valence-corrected chi connectivity index (χ4v) is 4.35. The molecule has 1 amide bonds. The molecule has 1 saturated heterocycles. The molecule has 1 unspecified atom stereocenters. The molecule has 0 spiro atoms. The van der Waals surface area contributed by atoms with E-state index in [1.54, 1.807) is 45.0 Å². The van der Waals surface area contributed by atoms with Crippen LogP contribution in [0.5, 0.6) is 5.75 Å². The zero-order valence-electron chi connectivity index (χ0n) is 22.8. The second-order valence-corrected chi connectivity index (χ2v) is 10.5. The SMILES string of the molecule is CCc1noc(N2CCC(C(C)CCOc3ccc([C@H](NC(=O)OC(C)(C)C)C(=O)OC)cc3)CC2)n1. The minimum Gasteiger partial charge on any atom is -0.494 e. The third-order valence-corrected chi connectivity index (χ3v) is 6.54. The van der Waals surface area contributed by atoms with Crippen molar-refractivity contribution in [2.24, 2.45) is 11.8 Å². The van der Waals surface area contributed by atoms with Crippen LogP contribution < -0.4 is 15.0 Å². The number of methoxy groups -OCH3 is 1. The number of hydrogen-bond acceptors (Lipinski definition) is 9. The first-order valence-corrected chi connectivity index (χ1v) is 13.0. The van der Waals surface area contributed by atoms with E-state index in [1.807, 2.05) is 6.92 Å². The highest BCUT2D eigenvalue weighted by Gasteiger charge is 2.28. The maximum atomic E-state index is 12.3. The molecule has 1 aromatic carbocycles. The lowest BCUT2D eigenvalue weighted by molar-refractivity contribution is -0.143. The molecule has 0 saturated carbocycles. The van der Waals surface area contributed by atoms with Crippen molar-refractivity contribution < 1.29 is 28.3 Å². The number of nitrogens with zero attached hydrogens (tertiary/aromatic N) is 3. The fraction of sp³-hybridized carbons (Fsp3) is 0.630. The van der Waals surface area contributed by atoms with Crippen molar-refractivity contribution in [3.05, 3.63) is 35.7 Å². The number of aromatic nitrogens is 2. The summed E-state index contributed by atoms with van der Waals surface area (Å²) in [5, 5.41) is 6.57. The second kappa shape index (κ2) is 12.8. The maximum Gasteiger partial charge on any atom is 0.408 e. The summed E-state index contributed by atoms with van der Waals surface area (Å²) >= 11 is 0. The number of ether oxygens (including phenoxy) is 3. The molecule has 1 aliphatic heterocycles. The summed E-state index contributed by atoms with van der Waals surface area (Å²) in [6, 6.07) is 6.73. The van der Waals surface area contributed by atoms with Crippen LogP contribution in [-0.2, 0) is 20.7 Å². The maximum absolute atomic E-state index is 12.3. The Morgan fingerprint density at radius 2 is 1.86 bits per heavy atom. The van der Waals surface area contributed by atoms with Crippen LogP contribution in [0.25, 0.3) is 0 Å². The largest absolute Gasteiger partial charge is 0.494 e. The smallest absolute Gasteiger partial charge is 0.408 e. The Labute approximate surface area is 219 Å². The Morgan fingerprint density at radius 3 is 2.43 bits per heavy atom. The summed E-state index contributed by atoms with van der Waals surface area (Å²) in [7, 11) is 1.28. The first-order chi connectivity index (χ1) is 17.6. The van der Waals surface area contributed by atoms with Crippen molar-refractivity contribution >= 4 is 18.1 Å². The predicted molar refractivity (Wildman–Crippen MR) is 138 cm³/mol. The molecule has 1 fully saturated rings. The van der Waals surface area contributed by atoms with Crippen molar-refractivity contribution in [1.29, 1.82) is 0 Å². The molecule has 10 heteroatoms. The number of hydrogen-bond donors (Lipinski definition) is 1. The van der Waals surface area contributed by atoms with E-state index in [4.69, 9.17) is 18.7 Å². The molecule has 1 aromatic heterocycles. The third-order valence-electron chi connectivity index (χ3n) is 6.54. The van der Waals surface area contributed by atoms with Crippen LogP contribution in [0.4, 0.5) is 10.8 Å². The van der Waals surface area contributed by atoms with Gasteiger partial charge in [0.1, 0.15) is 11.4 Å². The molecule has 2 aromatic rings. The molecule has 0 aliphatic carbocycles. The first kappa shape index (κ1) is 28.3. The van der Waals surface area contributed by atoms with Crippen LogP contribution in [0.1, 0.15) is 71.3 Å². The van der Waals surface area contributed by atoms with E-state index in [2.05, 4.69) is 27.3 Å². The van der Waals surface area contributed by atoms with Crippen molar-refractivity contribution in [3.63, 3.8) is 0 Å². The molecular weight excluding hydrogens is 476 g/mol. The quantitative estimate of drug-likeness (QED) is 0.449. The van der Waals surface area contributed by atoms with Crippen LogP contribution in [0.3, 0.4) is 0 Å². The van der Waals surface area contributed by atoms with E-state index in [1.165, 1.54) is 7.11 Å². The zero-order chi connectivity index (χ0) is 27.0. The molecule has 3 rings (SSSR count). The summed E-state index contributed by atoms with van der Waals surface area (Å²) < 4.78 is 21.5. The predicted octanol–water partition coefficient (Wildman–Crippen LogP) is 4.69. The number of alkyl carbamates (subject to hydrolysis) is 1. The number of carbonyl (C=O) groups is 2. The number of nitrogens with one attached hydrogen (secondary N) is 1.